The minimum Gasteiger partial charge on any atom is -0.240 e. The first-order chi connectivity index (χ1) is 7.48. The van der Waals surface area contributed by atoms with Crippen molar-refractivity contribution in [3.05, 3.63) is 40.9 Å². The van der Waals surface area contributed by atoms with Gasteiger partial charge in [0.25, 0.3) is 0 Å². The van der Waals surface area contributed by atoms with Gasteiger partial charge in [-0.15, -0.1) is 11.3 Å². The lowest BCUT2D eigenvalue weighted by molar-refractivity contribution is 0.570. The van der Waals surface area contributed by atoms with Gasteiger partial charge in [-0.05, 0) is 6.92 Å². The average Bonchev–Trinajstić information content (AvgIpc) is 2.61. The molecule has 2 heteroatoms. The summed E-state index contributed by atoms with van der Waals surface area (Å²) in [6.07, 6.45) is 0. The Bertz CT molecular complexity index is 477. The molecule has 0 unspecified atom stereocenters. The fraction of sp³-hybridized carbons (Fsp3) is 0.357. The topological polar surface area (TPSA) is 12.9 Å². The maximum Gasteiger partial charge on any atom is 0.123 e. The van der Waals surface area contributed by atoms with E-state index >= 15 is 0 Å². The van der Waals surface area contributed by atoms with E-state index in [1.54, 1.807) is 11.3 Å². The number of benzene rings is 1. The molecule has 0 bridgehead atoms. The van der Waals surface area contributed by atoms with E-state index in [0.717, 1.165) is 5.01 Å². The highest BCUT2D eigenvalue weighted by molar-refractivity contribution is 7.15. The van der Waals surface area contributed by atoms with Crippen LogP contribution in [-0.2, 0) is 5.41 Å². The van der Waals surface area contributed by atoms with E-state index in [-0.39, 0.29) is 5.41 Å². The highest BCUT2D eigenvalue weighted by Gasteiger charge is 2.21. The Morgan fingerprint density at radius 2 is 1.69 bits per heavy atom. The lowest BCUT2D eigenvalue weighted by Gasteiger charge is -2.16. The Hall–Kier alpha value is -1.15. The molecule has 0 aliphatic heterocycles. The van der Waals surface area contributed by atoms with Crippen LogP contribution in [0.25, 0.3) is 10.6 Å². The smallest absolute Gasteiger partial charge is 0.123 e. The zero-order valence-corrected chi connectivity index (χ0v) is 11.1. The molecule has 0 aliphatic rings. The Morgan fingerprint density at radius 1 is 1.06 bits per heavy atom. The fourth-order valence-corrected chi connectivity index (χ4v) is 2.93. The molecule has 0 aliphatic carbocycles. The average molecular weight is 231 g/mol. The maximum atomic E-state index is 4.77. The van der Waals surface area contributed by atoms with E-state index in [1.807, 2.05) is 6.07 Å². The van der Waals surface area contributed by atoms with Gasteiger partial charge < -0.3 is 0 Å². The second-order valence-corrected chi connectivity index (χ2v) is 6.24. The van der Waals surface area contributed by atoms with Gasteiger partial charge in [-0.3, -0.25) is 0 Å². The quantitative estimate of drug-likeness (QED) is 0.708. The van der Waals surface area contributed by atoms with E-state index in [2.05, 4.69) is 52.0 Å². The minimum atomic E-state index is 0.133. The number of aryl methyl sites for hydroxylation is 1. The largest absolute Gasteiger partial charge is 0.240 e. The van der Waals surface area contributed by atoms with Gasteiger partial charge in [-0.2, -0.15) is 0 Å². The molecule has 84 valence electrons. The summed E-state index contributed by atoms with van der Waals surface area (Å²) in [4.78, 5) is 6.10. The van der Waals surface area contributed by atoms with E-state index in [9.17, 15) is 0 Å². The second kappa shape index (κ2) is 4.02. The summed E-state index contributed by atoms with van der Waals surface area (Å²) >= 11 is 1.78. The molecule has 0 N–H and O–H groups in total. The zero-order chi connectivity index (χ0) is 11.8. The van der Waals surface area contributed by atoms with Crippen molar-refractivity contribution in [2.75, 3.05) is 0 Å². The van der Waals surface area contributed by atoms with Crippen molar-refractivity contribution < 1.29 is 0 Å². The number of hydrogen-bond donors (Lipinski definition) is 0. The van der Waals surface area contributed by atoms with Crippen molar-refractivity contribution in [1.29, 1.82) is 0 Å². The standard InChI is InChI=1S/C14H17NS/c1-10-12(14(2,3)4)15-13(16-10)11-8-6-5-7-9-11/h5-9H,1-4H3. The van der Waals surface area contributed by atoms with Crippen LogP contribution in [0, 0.1) is 6.92 Å². The summed E-state index contributed by atoms with van der Waals surface area (Å²) in [5, 5.41) is 1.13. The molecule has 0 atom stereocenters. The van der Waals surface area contributed by atoms with Gasteiger partial charge in [0.05, 0.1) is 5.69 Å². The van der Waals surface area contributed by atoms with Crippen molar-refractivity contribution in [2.24, 2.45) is 0 Å². The van der Waals surface area contributed by atoms with Gasteiger partial charge in [-0.25, -0.2) is 4.98 Å². The summed E-state index contributed by atoms with van der Waals surface area (Å²) in [6, 6.07) is 10.4. The fourth-order valence-electron chi connectivity index (χ4n) is 1.80. The van der Waals surface area contributed by atoms with Gasteiger partial charge in [0, 0.05) is 15.9 Å². The van der Waals surface area contributed by atoms with E-state index in [0.29, 0.717) is 0 Å². The predicted molar refractivity (Wildman–Crippen MR) is 71.0 cm³/mol. The molecule has 1 aromatic heterocycles. The Balaban J connectivity index is 2.47. The molecule has 2 rings (SSSR count). The van der Waals surface area contributed by atoms with Crippen LogP contribution in [0.5, 0.6) is 0 Å². The predicted octanol–water partition coefficient (Wildman–Crippen LogP) is 4.42. The monoisotopic (exact) mass is 231 g/mol. The van der Waals surface area contributed by atoms with Crippen LogP contribution in [0.3, 0.4) is 0 Å². The molecule has 1 nitrogen and oxygen atoms in total. The van der Waals surface area contributed by atoms with E-state index in [4.69, 9.17) is 4.98 Å². The van der Waals surface area contributed by atoms with Gasteiger partial charge in [0.2, 0.25) is 0 Å². The first-order valence-corrected chi connectivity index (χ1v) is 6.33. The molecule has 2 aromatic rings. The van der Waals surface area contributed by atoms with Crippen molar-refractivity contribution in [3.63, 3.8) is 0 Å². The number of hydrogen-bond acceptors (Lipinski definition) is 2. The Labute approximate surface area is 101 Å². The van der Waals surface area contributed by atoms with Crippen molar-refractivity contribution in [2.45, 2.75) is 33.1 Å². The van der Waals surface area contributed by atoms with Crippen LogP contribution < -0.4 is 0 Å². The SMILES string of the molecule is Cc1sc(-c2ccccc2)nc1C(C)(C)C. The van der Waals surface area contributed by atoms with E-state index < -0.39 is 0 Å². The third-order valence-corrected chi connectivity index (χ3v) is 3.55. The number of aromatic nitrogens is 1. The number of nitrogens with zero attached hydrogens (tertiary/aromatic N) is 1. The number of thiazole rings is 1. The van der Waals surface area contributed by atoms with Gasteiger partial charge >= 0.3 is 0 Å². The lowest BCUT2D eigenvalue weighted by atomic mass is 9.91. The first kappa shape index (κ1) is 11.3. The maximum absolute atomic E-state index is 4.77. The molecule has 0 saturated carbocycles. The summed E-state index contributed by atoms with van der Waals surface area (Å²) < 4.78 is 0. The molecular weight excluding hydrogens is 214 g/mol. The zero-order valence-electron chi connectivity index (χ0n) is 10.2. The Kier molecular flexibility index (Phi) is 2.85. The van der Waals surface area contributed by atoms with Crippen molar-refractivity contribution in [3.8, 4) is 10.6 Å². The highest BCUT2D eigenvalue weighted by atomic mass is 32.1. The first-order valence-electron chi connectivity index (χ1n) is 5.52. The van der Waals surface area contributed by atoms with Gasteiger partial charge in [-0.1, -0.05) is 51.1 Å². The molecule has 0 saturated heterocycles. The summed E-state index contributed by atoms with van der Waals surface area (Å²) in [5.74, 6) is 0. The van der Waals surface area contributed by atoms with E-state index in [1.165, 1.54) is 16.1 Å². The molecule has 1 aromatic carbocycles. The molecule has 1 heterocycles. The number of rotatable bonds is 1. The summed E-state index contributed by atoms with van der Waals surface area (Å²) in [6.45, 7) is 8.79. The van der Waals surface area contributed by atoms with Gasteiger partial charge in [0.1, 0.15) is 5.01 Å². The molecule has 0 radical (unpaired) electrons. The summed E-state index contributed by atoms with van der Waals surface area (Å²) in [7, 11) is 0. The van der Waals surface area contributed by atoms with Gasteiger partial charge in [0.15, 0.2) is 0 Å². The minimum absolute atomic E-state index is 0.133. The molecule has 16 heavy (non-hydrogen) atoms. The molecule has 0 amide bonds. The van der Waals surface area contributed by atoms with Crippen LogP contribution in [0.2, 0.25) is 0 Å². The second-order valence-electron chi connectivity index (χ2n) is 5.04. The van der Waals surface area contributed by atoms with Crippen molar-refractivity contribution >= 4 is 11.3 Å². The van der Waals surface area contributed by atoms with Crippen LogP contribution in [0.4, 0.5) is 0 Å². The van der Waals surface area contributed by atoms with Crippen LogP contribution >= 0.6 is 11.3 Å². The normalized spacial score (nSPS) is 11.8. The van der Waals surface area contributed by atoms with Crippen LogP contribution in [-0.4, -0.2) is 4.98 Å². The molecular formula is C14H17NS. The lowest BCUT2D eigenvalue weighted by Crippen LogP contribution is -2.12. The molecule has 0 spiro atoms. The van der Waals surface area contributed by atoms with Crippen LogP contribution in [0.15, 0.2) is 30.3 Å². The summed E-state index contributed by atoms with van der Waals surface area (Å²) in [5.41, 5.74) is 2.57. The Morgan fingerprint density at radius 3 is 2.19 bits per heavy atom. The third kappa shape index (κ3) is 2.17. The molecule has 0 fully saturated rings. The van der Waals surface area contributed by atoms with Crippen molar-refractivity contribution in [1.82, 2.24) is 4.98 Å². The third-order valence-electron chi connectivity index (χ3n) is 2.53. The highest BCUT2D eigenvalue weighted by Crippen LogP contribution is 2.33. The van der Waals surface area contributed by atoms with Crippen LogP contribution in [0.1, 0.15) is 31.3 Å².